The average Bonchev–Trinajstić information content (AvgIpc) is 3.55. The maximum Gasteiger partial charge on any atom is 0.161 e. The number of hydrogen-bond acceptors (Lipinski definition) is 6. The highest BCUT2D eigenvalue weighted by atomic mass is 16.5. The molecule has 2 aromatic carbocycles. The predicted molar refractivity (Wildman–Crippen MR) is 141 cm³/mol. The summed E-state index contributed by atoms with van der Waals surface area (Å²) in [5, 5.41) is 7.93. The molecule has 0 amide bonds. The largest absolute Gasteiger partial charge is 0.493 e. The fourth-order valence-corrected chi connectivity index (χ4v) is 5.06. The molecule has 0 bridgehead atoms. The van der Waals surface area contributed by atoms with E-state index in [1.54, 1.807) is 7.11 Å². The minimum atomic E-state index is 0.645. The number of hydrogen-bond donors (Lipinski definition) is 3. The normalized spacial score (nSPS) is 15.7. The van der Waals surface area contributed by atoms with Gasteiger partial charge in [0.2, 0.25) is 0 Å². The summed E-state index contributed by atoms with van der Waals surface area (Å²) < 4.78 is 11.8. The predicted octanol–water partition coefficient (Wildman–Crippen LogP) is 4.16. The van der Waals surface area contributed by atoms with Gasteiger partial charge in [-0.3, -0.25) is 4.90 Å². The fraction of sp³-hybridized carbons (Fsp3) is 0.321. The van der Waals surface area contributed by atoms with E-state index in [1.807, 2.05) is 18.3 Å². The standard InChI is InChI=1S/C28H31N5O2/c1-34-27-16-19(3-5-26(27)35-13-12-33-10-8-29-9-11-33)22-15-23-24(18-32-28(23)31-17-22)20-2-4-25-21(14-20)6-7-30-25/h2-5,14-18,29-30H,6-13H2,1H3,(H,31,32). The van der Waals surface area contributed by atoms with E-state index in [2.05, 4.69) is 57.0 Å². The van der Waals surface area contributed by atoms with Crippen LogP contribution in [0.2, 0.25) is 0 Å². The molecule has 0 saturated carbocycles. The van der Waals surface area contributed by atoms with Crippen LogP contribution in [0.1, 0.15) is 5.56 Å². The third-order valence-corrected chi connectivity index (χ3v) is 7.03. The molecule has 3 N–H and O–H groups in total. The van der Waals surface area contributed by atoms with Crippen LogP contribution in [0.4, 0.5) is 5.69 Å². The molecule has 7 nitrogen and oxygen atoms in total. The van der Waals surface area contributed by atoms with Crippen LogP contribution in [0.3, 0.4) is 0 Å². The number of aromatic amines is 1. The van der Waals surface area contributed by atoms with E-state index in [4.69, 9.17) is 14.5 Å². The maximum atomic E-state index is 6.08. The number of aromatic nitrogens is 2. The van der Waals surface area contributed by atoms with Crippen molar-refractivity contribution in [1.82, 2.24) is 20.2 Å². The Morgan fingerprint density at radius 3 is 2.71 bits per heavy atom. The SMILES string of the molecule is COc1cc(-c2cnc3[nH]cc(-c4ccc5c(c4)CCN5)c3c2)ccc1OCCN1CCNCC1. The number of benzene rings is 2. The van der Waals surface area contributed by atoms with Crippen molar-refractivity contribution < 1.29 is 9.47 Å². The number of H-pyrrole nitrogens is 1. The van der Waals surface area contributed by atoms with E-state index >= 15 is 0 Å². The second kappa shape index (κ2) is 9.60. The molecule has 0 unspecified atom stereocenters. The highest BCUT2D eigenvalue weighted by molar-refractivity contribution is 5.96. The van der Waals surface area contributed by atoms with Gasteiger partial charge in [0.05, 0.1) is 7.11 Å². The second-order valence-electron chi connectivity index (χ2n) is 9.18. The molecule has 0 aliphatic carbocycles. The Balaban J connectivity index is 1.24. The zero-order chi connectivity index (χ0) is 23.6. The van der Waals surface area contributed by atoms with Crippen molar-refractivity contribution in [1.29, 1.82) is 0 Å². The molecule has 6 rings (SSSR count). The van der Waals surface area contributed by atoms with Crippen LogP contribution in [0, 0.1) is 0 Å². The minimum absolute atomic E-state index is 0.645. The minimum Gasteiger partial charge on any atom is -0.493 e. The number of methoxy groups -OCH3 is 1. The summed E-state index contributed by atoms with van der Waals surface area (Å²) in [5.41, 5.74) is 7.99. The summed E-state index contributed by atoms with van der Waals surface area (Å²) in [4.78, 5) is 10.5. The number of anilines is 1. The van der Waals surface area contributed by atoms with Gasteiger partial charge >= 0.3 is 0 Å². The number of pyridine rings is 1. The zero-order valence-corrected chi connectivity index (χ0v) is 20.1. The number of nitrogens with one attached hydrogen (secondary N) is 3. The number of nitrogens with zero attached hydrogens (tertiary/aromatic N) is 2. The first-order chi connectivity index (χ1) is 17.3. The van der Waals surface area contributed by atoms with Crippen molar-refractivity contribution in [2.24, 2.45) is 0 Å². The lowest BCUT2D eigenvalue weighted by Crippen LogP contribution is -2.44. The first-order valence-electron chi connectivity index (χ1n) is 12.4. The van der Waals surface area contributed by atoms with Gasteiger partial charge in [-0.2, -0.15) is 0 Å². The summed E-state index contributed by atoms with van der Waals surface area (Å²) in [6, 6.07) is 15.0. The highest BCUT2D eigenvalue weighted by Gasteiger charge is 2.15. The Morgan fingerprint density at radius 1 is 0.943 bits per heavy atom. The van der Waals surface area contributed by atoms with Crippen LogP contribution in [0.25, 0.3) is 33.3 Å². The third kappa shape index (κ3) is 4.45. The molecule has 0 radical (unpaired) electrons. The van der Waals surface area contributed by atoms with Gasteiger partial charge in [-0.05, 0) is 53.4 Å². The molecule has 1 saturated heterocycles. The van der Waals surface area contributed by atoms with Gasteiger partial charge in [0.1, 0.15) is 12.3 Å². The Labute approximate surface area is 205 Å². The highest BCUT2D eigenvalue weighted by Crippen LogP contribution is 2.36. The van der Waals surface area contributed by atoms with E-state index in [0.717, 1.165) is 79.3 Å². The van der Waals surface area contributed by atoms with Gasteiger partial charge in [-0.1, -0.05) is 12.1 Å². The van der Waals surface area contributed by atoms with Gasteiger partial charge in [0.25, 0.3) is 0 Å². The lowest BCUT2D eigenvalue weighted by Gasteiger charge is -2.27. The Kier molecular flexibility index (Phi) is 6.02. The molecule has 35 heavy (non-hydrogen) atoms. The van der Waals surface area contributed by atoms with Gasteiger partial charge in [-0.15, -0.1) is 0 Å². The van der Waals surface area contributed by atoms with Gasteiger partial charge < -0.3 is 25.1 Å². The van der Waals surface area contributed by atoms with Crippen molar-refractivity contribution >= 4 is 16.7 Å². The summed E-state index contributed by atoms with van der Waals surface area (Å²) in [5.74, 6) is 1.51. The van der Waals surface area contributed by atoms with Gasteiger partial charge in [0, 0.05) is 73.9 Å². The van der Waals surface area contributed by atoms with E-state index < -0.39 is 0 Å². The molecule has 2 aliphatic rings. The molecule has 0 atom stereocenters. The maximum absolute atomic E-state index is 6.08. The Hall–Kier alpha value is -3.55. The van der Waals surface area contributed by atoms with Crippen LogP contribution < -0.4 is 20.1 Å². The Morgan fingerprint density at radius 2 is 1.83 bits per heavy atom. The summed E-state index contributed by atoms with van der Waals surface area (Å²) in [6.45, 7) is 6.80. The topological polar surface area (TPSA) is 74.4 Å². The monoisotopic (exact) mass is 469 g/mol. The smallest absolute Gasteiger partial charge is 0.161 e. The molecular formula is C28H31N5O2. The number of piperazine rings is 1. The summed E-state index contributed by atoms with van der Waals surface area (Å²) in [6.07, 6.45) is 5.04. The number of fused-ring (bicyclic) bond motifs is 2. The van der Waals surface area contributed by atoms with Crippen LogP contribution >= 0.6 is 0 Å². The average molecular weight is 470 g/mol. The lowest BCUT2D eigenvalue weighted by molar-refractivity contribution is 0.188. The first-order valence-corrected chi connectivity index (χ1v) is 12.4. The lowest BCUT2D eigenvalue weighted by atomic mass is 10.00. The van der Waals surface area contributed by atoms with Crippen LogP contribution in [-0.2, 0) is 6.42 Å². The molecule has 180 valence electrons. The zero-order valence-electron chi connectivity index (χ0n) is 20.1. The summed E-state index contributed by atoms with van der Waals surface area (Å²) >= 11 is 0. The first kappa shape index (κ1) is 21.9. The summed E-state index contributed by atoms with van der Waals surface area (Å²) in [7, 11) is 1.69. The second-order valence-corrected chi connectivity index (χ2v) is 9.18. The van der Waals surface area contributed by atoms with Crippen molar-refractivity contribution in [3.05, 3.63) is 60.4 Å². The van der Waals surface area contributed by atoms with Crippen molar-refractivity contribution in [3.63, 3.8) is 0 Å². The van der Waals surface area contributed by atoms with E-state index in [-0.39, 0.29) is 0 Å². The van der Waals surface area contributed by atoms with Crippen LogP contribution in [0.5, 0.6) is 11.5 Å². The van der Waals surface area contributed by atoms with Gasteiger partial charge in [0.15, 0.2) is 11.5 Å². The third-order valence-electron chi connectivity index (χ3n) is 7.03. The van der Waals surface area contributed by atoms with Gasteiger partial charge in [-0.25, -0.2) is 4.98 Å². The quantitative estimate of drug-likeness (QED) is 0.378. The Bertz CT molecular complexity index is 1340. The number of rotatable bonds is 7. The molecule has 1 fully saturated rings. The van der Waals surface area contributed by atoms with E-state index in [0.29, 0.717) is 6.61 Å². The van der Waals surface area contributed by atoms with Crippen molar-refractivity contribution in [2.45, 2.75) is 6.42 Å². The molecular weight excluding hydrogens is 438 g/mol. The van der Waals surface area contributed by atoms with Crippen molar-refractivity contribution in [3.8, 4) is 33.8 Å². The molecule has 2 aliphatic heterocycles. The van der Waals surface area contributed by atoms with Crippen LogP contribution in [-0.4, -0.2) is 67.9 Å². The molecule has 0 spiro atoms. The molecule has 4 aromatic rings. The molecule has 7 heteroatoms. The number of ether oxygens (including phenoxy) is 2. The van der Waals surface area contributed by atoms with E-state index in [1.165, 1.54) is 22.4 Å². The molecule has 2 aromatic heterocycles. The van der Waals surface area contributed by atoms with E-state index in [9.17, 15) is 0 Å². The van der Waals surface area contributed by atoms with Crippen molar-refractivity contribution in [2.75, 3.05) is 58.3 Å². The van der Waals surface area contributed by atoms with Crippen LogP contribution in [0.15, 0.2) is 54.9 Å². The molecule has 4 heterocycles. The fourth-order valence-electron chi connectivity index (χ4n) is 5.06.